The molecule has 2 heterocycles. The van der Waals surface area contributed by atoms with Gasteiger partial charge in [0.25, 0.3) is 5.91 Å². The first-order valence-electron chi connectivity index (χ1n) is 9.20. The molecular weight excluding hydrogens is 366 g/mol. The molecule has 4 rings (SSSR count). The number of aryl methyl sites for hydroxylation is 1. The summed E-state index contributed by atoms with van der Waals surface area (Å²) in [6, 6.07) is 19.3. The molecule has 1 amide bonds. The average Bonchev–Trinajstić information content (AvgIpc) is 3.34. The van der Waals surface area contributed by atoms with E-state index in [1.165, 1.54) is 0 Å². The highest BCUT2D eigenvalue weighted by Crippen LogP contribution is 2.31. The van der Waals surface area contributed by atoms with Crippen LogP contribution in [-0.2, 0) is 13.6 Å². The van der Waals surface area contributed by atoms with Gasteiger partial charge in [-0.15, -0.1) is 0 Å². The molecule has 0 radical (unpaired) electrons. The highest BCUT2D eigenvalue weighted by molar-refractivity contribution is 6.08. The number of aromatic nitrogens is 4. The van der Waals surface area contributed by atoms with E-state index in [2.05, 4.69) is 10.4 Å². The Bertz CT molecular complexity index is 1130. The van der Waals surface area contributed by atoms with Crippen LogP contribution in [0.3, 0.4) is 0 Å². The lowest BCUT2D eigenvalue weighted by molar-refractivity contribution is 0.102. The lowest BCUT2D eigenvalue weighted by Crippen LogP contribution is -2.13. The second-order valence-corrected chi connectivity index (χ2v) is 6.60. The largest absolute Gasteiger partial charge is 0.496 e. The number of nitrogens with one attached hydrogen (secondary N) is 1. The molecule has 4 aromatic rings. The van der Waals surface area contributed by atoms with Crippen molar-refractivity contribution in [2.45, 2.75) is 6.54 Å². The van der Waals surface area contributed by atoms with Crippen molar-refractivity contribution in [3.05, 3.63) is 84.2 Å². The third kappa shape index (κ3) is 4.03. The van der Waals surface area contributed by atoms with Gasteiger partial charge in [-0.05, 0) is 17.7 Å². The Morgan fingerprint density at radius 1 is 1.03 bits per heavy atom. The number of hydrogen-bond acceptors (Lipinski definition) is 4. The van der Waals surface area contributed by atoms with Gasteiger partial charge in [0.1, 0.15) is 11.4 Å². The minimum atomic E-state index is -0.274. The molecule has 7 nitrogen and oxygen atoms in total. The number of nitrogens with zero attached hydrogens (tertiary/aromatic N) is 4. The van der Waals surface area contributed by atoms with Gasteiger partial charge in [0, 0.05) is 31.1 Å². The van der Waals surface area contributed by atoms with Crippen molar-refractivity contribution >= 4 is 11.7 Å². The fourth-order valence-corrected chi connectivity index (χ4v) is 3.14. The molecular formula is C22H21N5O2. The lowest BCUT2D eigenvalue weighted by Gasteiger charge is -2.07. The predicted octanol–water partition coefficient (Wildman–Crippen LogP) is 3.59. The number of carbonyl (C=O) groups is 1. The summed E-state index contributed by atoms with van der Waals surface area (Å²) >= 11 is 0. The summed E-state index contributed by atoms with van der Waals surface area (Å²) in [7, 11) is 3.40. The molecule has 1 N–H and O–H groups in total. The van der Waals surface area contributed by atoms with E-state index < -0.39 is 0 Å². The molecule has 2 aromatic heterocycles. The summed E-state index contributed by atoms with van der Waals surface area (Å²) < 4.78 is 8.89. The first-order chi connectivity index (χ1) is 14.1. The summed E-state index contributed by atoms with van der Waals surface area (Å²) in [5.74, 6) is 0.868. The van der Waals surface area contributed by atoms with Crippen molar-refractivity contribution in [3.63, 3.8) is 0 Å². The molecule has 0 saturated carbocycles. The Balaban J connectivity index is 1.74. The summed E-state index contributed by atoms with van der Waals surface area (Å²) in [5.41, 5.74) is 2.87. The monoisotopic (exact) mass is 387 g/mol. The number of carbonyl (C=O) groups excluding carboxylic acids is 1. The van der Waals surface area contributed by atoms with E-state index in [1.807, 2.05) is 54.6 Å². The van der Waals surface area contributed by atoms with E-state index >= 15 is 0 Å². The molecule has 0 fully saturated rings. The molecule has 0 aliphatic carbocycles. The zero-order valence-electron chi connectivity index (χ0n) is 16.2. The van der Waals surface area contributed by atoms with Gasteiger partial charge < -0.3 is 10.1 Å². The summed E-state index contributed by atoms with van der Waals surface area (Å²) in [6.45, 7) is 0.555. The van der Waals surface area contributed by atoms with Crippen LogP contribution in [0, 0.1) is 0 Å². The fraction of sp³-hybridized carbons (Fsp3) is 0.136. The number of hydrogen-bond donors (Lipinski definition) is 1. The van der Waals surface area contributed by atoms with Crippen molar-refractivity contribution < 1.29 is 9.53 Å². The minimum Gasteiger partial charge on any atom is -0.496 e. The third-order valence-electron chi connectivity index (χ3n) is 4.51. The number of rotatable bonds is 6. The van der Waals surface area contributed by atoms with Crippen LogP contribution < -0.4 is 10.1 Å². The van der Waals surface area contributed by atoms with Crippen LogP contribution in [0.1, 0.15) is 15.9 Å². The van der Waals surface area contributed by atoms with E-state index in [9.17, 15) is 4.79 Å². The Hall–Kier alpha value is -3.87. The van der Waals surface area contributed by atoms with Crippen LogP contribution in [-0.4, -0.2) is 32.6 Å². The van der Waals surface area contributed by atoms with Gasteiger partial charge in [0.05, 0.1) is 19.2 Å². The van der Waals surface area contributed by atoms with Crippen LogP contribution in [0.25, 0.3) is 11.3 Å². The Labute approximate surface area is 168 Å². The first-order valence-corrected chi connectivity index (χ1v) is 9.20. The maximum absolute atomic E-state index is 13.0. The smallest absolute Gasteiger partial charge is 0.260 e. The van der Waals surface area contributed by atoms with Gasteiger partial charge in [-0.3, -0.25) is 14.2 Å². The van der Waals surface area contributed by atoms with Gasteiger partial charge in [-0.2, -0.15) is 10.2 Å². The number of methoxy groups -OCH3 is 1. The van der Waals surface area contributed by atoms with Crippen molar-refractivity contribution in [1.82, 2.24) is 19.6 Å². The van der Waals surface area contributed by atoms with E-state index in [1.54, 1.807) is 42.0 Å². The summed E-state index contributed by atoms with van der Waals surface area (Å²) in [4.78, 5) is 13.0. The molecule has 0 unspecified atom stereocenters. The van der Waals surface area contributed by atoms with Crippen molar-refractivity contribution in [2.75, 3.05) is 12.4 Å². The van der Waals surface area contributed by atoms with Crippen LogP contribution in [0.2, 0.25) is 0 Å². The molecule has 2 aromatic carbocycles. The summed E-state index contributed by atoms with van der Waals surface area (Å²) in [5, 5.41) is 11.8. The predicted molar refractivity (Wildman–Crippen MR) is 111 cm³/mol. The zero-order valence-corrected chi connectivity index (χ0v) is 16.2. The van der Waals surface area contributed by atoms with E-state index in [0.717, 1.165) is 11.1 Å². The maximum Gasteiger partial charge on any atom is 0.260 e. The maximum atomic E-state index is 13.0. The highest BCUT2D eigenvalue weighted by Gasteiger charge is 2.21. The second kappa shape index (κ2) is 8.02. The average molecular weight is 387 g/mol. The Kier molecular flexibility index (Phi) is 5.11. The van der Waals surface area contributed by atoms with Crippen molar-refractivity contribution in [1.29, 1.82) is 0 Å². The Morgan fingerprint density at radius 2 is 1.79 bits per heavy atom. The number of ether oxygens (including phenoxy) is 1. The van der Waals surface area contributed by atoms with Crippen LogP contribution in [0.5, 0.6) is 5.75 Å². The van der Waals surface area contributed by atoms with Crippen LogP contribution in [0.4, 0.5) is 5.82 Å². The van der Waals surface area contributed by atoms with Gasteiger partial charge in [0.2, 0.25) is 0 Å². The van der Waals surface area contributed by atoms with Crippen molar-refractivity contribution in [3.8, 4) is 17.0 Å². The standard InChI is InChI=1S/C22H21N5O2/c1-26-13-12-20(24-26)23-22(28)18-15-27(14-16-8-4-3-5-9-16)25-21(18)17-10-6-7-11-19(17)29-2/h3-13,15H,14H2,1-2H3,(H,23,24,28). The van der Waals surface area contributed by atoms with Crippen LogP contribution in [0.15, 0.2) is 73.1 Å². The molecule has 0 spiro atoms. The second-order valence-electron chi connectivity index (χ2n) is 6.60. The number of para-hydroxylation sites is 1. The van der Waals surface area contributed by atoms with Gasteiger partial charge in [0.15, 0.2) is 5.82 Å². The molecule has 0 saturated heterocycles. The Morgan fingerprint density at radius 3 is 2.52 bits per heavy atom. The molecule has 0 bridgehead atoms. The minimum absolute atomic E-state index is 0.274. The lowest BCUT2D eigenvalue weighted by atomic mass is 10.1. The van der Waals surface area contributed by atoms with Crippen molar-refractivity contribution in [2.24, 2.45) is 7.05 Å². The SMILES string of the molecule is COc1ccccc1-c1nn(Cc2ccccc2)cc1C(=O)Nc1ccn(C)n1. The topological polar surface area (TPSA) is 74.0 Å². The van der Waals surface area contributed by atoms with Gasteiger partial charge in [-0.25, -0.2) is 0 Å². The first kappa shape index (κ1) is 18.5. The number of benzene rings is 2. The molecule has 0 aliphatic heterocycles. The van der Waals surface area contributed by atoms with E-state index in [-0.39, 0.29) is 5.91 Å². The molecule has 0 aliphatic rings. The fourth-order valence-electron chi connectivity index (χ4n) is 3.14. The van der Waals surface area contributed by atoms with Gasteiger partial charge in [-0.1, -0.05) is 42.5 Å². The quantitative estimate of drug-likeness (QED) is 0.549. The van der Waals surface area contributed by atoms with E-state index in [0.29, 0.717) is 29.4 Å². The molecule has 7 heteroatoms. The zero-order chi connectivity index (χ0) is 20.2. The third-order valence-corrected chi connectivity index (χ3v) is 4.51. The van der Waals surface area contributed by atoms with Gasteiger partial charge >= 0.3 is 0 Å². The molecule has 0 atom stereocenters. The highest BCUT2D eigenvalue weighted by atomic mass is 16.5. The number of anilines is 1. The summed E-state index contributed by atoms with van der Waals surface area (Å²) in [6.07, 6.45) is 3.53. The number of amides is 1. The normalized spacial score (nSPS) is 10.7. The molecule has 146 valence electrons. The molecule has 29 heavy (non-hydrogen) atoms. The van der Waals surface area contributed by atoms with E-state index in [4.69, 9.17) is 9.84 Å². The van der Waals surface area contributed by atoms with Crippen LogP contribution >= 0.6 is 0 Å².